The average molecular weight is 442 g/mol. The van der Waals surface area contributed by atoms with Crippen LogP contribution in [0.25, 0.3) is 10.9 Å². The van der Waals surface area contributed by atoms with Gasteiger partial charge in [-0.1, -0.05) is 12.1 Å². The lowest BCUT2D eigenvalue weighted by Gasteiger charge is -2.42. The number of hydrogen-bond acceptors (Lipinski definition) is 4. The lowest BCUT2D eigenvalue weighted by atomic mass is 9.95. The van der Waals surface area contributed by atoms with Crippen molar-refractivity contribution in [2.45, 2.75) is 24.9 Å². The van der Waals surface area contributed by atoms with Crippen molar-refractivity contribution in [1.29, 1.82) is 0 Å². The van der Waals surface area contributed by atoms with Crippen molar-refractivity contribution in [3.8, 4) is 0 Å². The summed E-state index contributed by atoms with van der Waals surface area (Å²) in [5.41, 5.74) is 0.634. The fourth-order valence-electron chi connectivity index (χ4n) is 4.24. The van der Waals surface area contributed by atoms with Crippen LogP contribution in [0.3, 0.4) is 0 Å². The maximum atomic E-state index is 14.1. The van der Waals surface area contributed by atoms with Gasteiger partial charge < -0.3 is 14.8 Å². The quantitative estimate of drug-likeness (QED) is 0.485. The Balaban J connectivity index is 1.64. The molecule has 1 aliphatic rings. The summed E-state index contributed by atoms with van der Waals surface area (Å²) in [6, 6.07) is 6.50. The van der Waals surface area contributed by atoms with E-state index in [-0.39, 0.29) is 30.0 Å². The van der Waals surface area contributed by atoms with Gasteiger partial charge in [-0.25, -0.2) is 4.39 Å². The number of benzene rings is 2. The summed E-state index contributed by atoms with van der Waals surface area (Å²) in [6.45, 7) is 0. The number of nitro benzene ring substituents is 1. The fraction of sp³-hybridized carbons (Fsp3) is 0.273. The van der Waals surface area contributed by atoms with Gasteiger partial charge >= 0.3 is 5.69 Å². The number of likely N-dealkylation sites (N-methyl/N-ethyl adjacent to an activating group) is 2. The molecule has 1 aromatic heterocycles. The Kier molecular flexibility index (Phi) is 5.37. The molecule has 4 rings (SSSR count). The first-order valence-electron chi connectivity index (χ1n) is 9.89. The number of fused-ring (bicyclic) bond motifs is 1. The van der Waals surface area contributed by atoms with Crippen LogP contribution in [-0.4, -0.2) is 57.7 Å². The maximum absolute atomic E-state index is 14.1. The van der Waals surface area contributed by atoms with Crippen molar-refractivity contribution < 1.29 is 23.3 Å². The van der Waals surface area contributed by atoms with E-state index in [2.05, 4.69) is 4.98 Å². The molecule has 2 heterocycles. The predicted molar refractivity (Wildman–Crippen MR) is 112 cm³/mol. The number of nitrogens with one attached hydrogen (secondary N) is 1. The molecule has 2 aromatic carbocycles. The number of amides is 2. The third-order valence-electron chi connectivity index (χ3n) is 5.97. The largest absolute Gasteiger partial charge is 0.361 e. The van der Waals surface area contributed by atoms with Crippen molar-refractivity contribution in [2.24, 2.45) is 0 Å². The number of aromatic nitrogens is 1. The Morgan fingerprint density at radius 3 is 2.31 bits per heavy atom. The van der Waals surface area contributed by atoms with Gasteiger partial charge in [-0.3, -0.25) is 19.7 Å². The minimum absolute atomic E-state index is 0.0254. The minimum Gasteiger partial charge on any atom is -0.361 e. The number of hydrogen-bond donors (Lipinski definition) is 1. The van der Waals surface area contributed by atoms with Crippen LogP contribution in [0.4, 0.5) is 14.5 Å². The molecule has 0 unspecified atom stereocenters. The Labute approximate surface area is 181 Å². The van der Waals surface area contributed by atoms with Crippen molar-refractivity contribution in [3.05, 3.63) is 75.5 Å². The van der Waals surface area contributed by atoms with Gasteiger partial charge in [0.15, 0.2) is 0 Å². The topological polar surface area (TPSA) is 99.5 Å². The van der Waals surface area contributed by atoms with E-state index in [1.165, 1.54) is 54.4 Å². The van der Waals surface area contributed by atoms with E-state index in [9.17, 15) is 28.5 Å². The molecule has 1 saturated heterocycles. The third-order valence-corrected chi connectivity index (χ3v) is 5.97. The molecule has 3 aromatic rings. The Hall–Kier alpha value is -3.82. The molecular weight excluding hydrogens is 422 g/mol. The van der Waals surface area contributed by atoms with Crippen LogP contribution in [0.15, 0.2) is 42.6 Å². The summed E-state index contributed by atoms with van der Waals surface area (Å²) in [5.74, 6) is -2.10. The van der Waals surface area contributed by atoms with Crippen LogP contribution >= 0.6 is 0 Å². The first-order chi connectivity index (χ1) is 15.2. The lowest BCUT2D eigenvalue weighted by Crippen LogP contribution is -2.63. The molecule has 1 N–H and O–H groups in total. The minimum atomic E-state index is -0.977. The van der Waals surface area contributed by atoms with E-state index in [1.807, 2.05) is 0 Å². The van der Waals surface area contributed by atoms with Gasteiger partial charge in [-0.15, -0.1) is 0 Å². The first kappa shape index (κ1) is 21.4. The molecular formula is C22H20F2N4O4. The molecule has 0 aliphatic carbocycles. The molecule has 1 aliphatic heterocycles. The van der Waals surface area contributed by atoms with Crippen LogP contribution in [0.1, 0.15) is 11.1 Å². The second-order valence-corrected chi connectivity index (χ2v) is 7.86. The highest BCUT2D eigenvalue weighted by Gasteiger charge is 2.43. The zero-order valence-electron chi connectivity index (χ0n) is 17.3. The van der Waals surface area contributed by atoms with Crippen LogP contribution in [-0.2, 0) is 22.4 Å². The number of carbonyl (C=O) groups excluding carboxylic acids is 2. The molecule has 0 radical (unpaired) electrons. The zero-order chi connectivity index (χ0) is 23.2. The molecule has 8 nitrogen and oxygen atoms in total. The summed E-state index contributed by atoms with van der Waals surface area (Å²) < 4.78 is 27.7. The highest BCUT2D eigenvalue weighted by Crippen LogP contribution is 2.33. The summed E-state index contributed by atoms with van der Waals surface area (Å²) in [4.78, 5) is 42.3. The van der Waals surface area contributed by atoms with E-state index in [1.54, 1.807) is 6.07 Å². The van der Waals surface area contributed by atoms with Crippen molar-refractivity contribution in [1.82, 2.24) is 14.8 Å². The van der Waals surface area contributed by atoms with E-state index in [4.69, 9.17) is 0 Å². The van der Waals surface area contributed by atoms with E-state index >= 15 is 0 Å². The number of halogens is 2. The second-order valence-electron chi connectivity index (χ2n) is 7.86. The monoisotopic (exact) mass is 442 g/mol. The normalized spacial score (nSPS) is 19.1. The van der Waals surface area contributed by atoms with Crippen LogP contribution in [0.5, 0.6) is 0 Å². The molecule has 1 fully saturated rings. The molecule has 0 saturated carbocycles. The van der Waals surface area contributed by atoms with Gasteiger partial charge in [-0.05, 0) is 35.4 Å². The standard InChI is InChI=1S/C22H20F2N4O4/c1-26-17(9-12-4-3-5-14(23)8-12)21(29)27(2)18(22(26)30)10-13-11-25-16-7-6-15(24)20(19(13)16)28(31)32/h3-8,11,17-18,25H,9-10H2,1-2H3/t17-,18-/m0/s1. The van der Waals surface area contributed by atoms with Gasteiger partial charge in [0.25, 0.3) is 0 Å². The molecule has 0 bridgehead atoms. The van der Waals surface area contributed by atoms with Crippen LogP contribution in [0.2, 0.25) is 0 Å². The number of H-pyrrole nitrogens is 1. The zero-order valence-corrected chi connectivity index (χ0v) is 17.3. The molecule has 10 heteroatoms. The number of aromatic amines is 1. The van der Waals surface area contributed by atoms with Crippen molar-refractivity contribution in [2.75, 3.05) is 14.1 Å². The fourth-order valence-corrected chi connectivity index (χ4v) is 4.24. The Morgan fingerprint density at radius 1 is 1.03 bits per heavy atom. The molecule has 2 atom stereocenters. The summed E-state index contributed by atoms with van der Waals surface area (Å²) in [6.07, 6.45) is 1.61. The average Bonchev–Trinajstić information content (AvgIpc) is 3.15. The number of nitrogens with zero attached hydrogens (tertiary/aromatic N) is 3. The van der Waals surface area contributed by atoms with Crippen molar-refractivity contribution >= 4 is 28.4 Å². The smallest absolute Gasteiger partial charge is 0.314 e. The predicted octanol–water partition coefficient (Wildman–Crippen LogP) is 2.81. The van der Waals surface area contributed by atoms with Gasteiger partial charge in [0.05, 0.1) is 15.8 Å². The van der Waals surface area contributed by atoms with Crippen LogP contribution in [0, 0.1) is 21.7 Å². The molecule has 166 valence electrons. The number of nitro groups is 1. The highest BCUT2D eigenvalue weighted by molar-refractivity contribution is 5.98. The van der Waals surface area contributed by atoms with Gasteiger partial charge in [0, 0.05) is 33.1 Å². The molecule has 0 spiro atoms. The van der Waals surface area contributed by atoms with Crippen LogP contribution < -0.4 is 0 Å². The Morgan fingerprint density at radius 2 is 1.69 bits per heavy atom. The summed E-state index contributed by atoms with van der Waals surface area (Å²) in [5, 5.41) is 11.5. The number of piperazine rings is 1. The highest BCUT2D eigenvalue weighted by atomic mass is 19.1. The van der Waals surface area contributed by atoms with E-state index < -0.39 is 34.3 Å². The Bertz CT molecular complexity index is 1240. The molecule has 2 amide bonds. The number of carbonyl (C=O) groups is 2. The van der Waals surface area contributed by atoms with E-state index in [0.717, 1.165) is 6.07 Å². The second kappa shape index (κ2) is 8.03. The maximum Gasteiger partial charge on any atom is 0.314 e. The first-order valence-corrected chi connectivity index (χ1v) is 9.89. The summed E-state index contributed by atoms with van der Waals surface area (Å²) in [7, 11) is 2.99. The SMILES string of the molecule is CN1C(=O)[C@H](Cc2c[nH]c3ccc(F)c([N+](=O)[O-])c23)N(C)C(=O)[C@@H]1Cc1cccc(F)c1. The van der Waals surface area contributed by atoms with Gasteiger partial charge in [0.1, 0.15) is 17.9 Å². The number of rotatable bonds is 5. The van der Waals surface area contributed by atoms with Gasteiger partial charge in [-0.2, -0.15) is 4.39 Å². The van der Waals surface area contributed by atoms with Crippen molar-refractivity contribution in [3.63, 3.8) is 0 Å². The third kappa shape index (κ3) is 3.57. The van der Waals surface area contributed by atoms with E-state index in [0.29, 0.717) is 16.6 Å². The van der Waals surface area contributed by atoms with Gasteiger partial charge in [0.2, 0.25) is 17.6 Å². The molecule has 32 heavy (non-hydrogen) atoms. The summed E-state index contributed by atoms with van der Waals surface area (Å²) >= 11 is 0. The lowest BCUT2D eigenvalue weighted by molar-refractivity contribution is -0.385.